The lowest BCUT2D eigenvalue weighted by Gasteiger charge is -2.28. The number of carbonyl (C=O) groups is 1. The highest BCUT2D eigenvalue weighted by Gasteiger charge is 2.36. The normalized spacial score (nSPS) is 16.4. The Morgan fingerprint density at radius 3 is 2.31 bits per heavy atom. The van der Waals surface area contributed by atoms with Crippen molar-refractivity contribution in [3.63, 3.8) is 0 Å². The van der Waals surface area contributed by atoms with Crippen molar-refractivity contribution in [2.45, 2.75) is 25.2 Å². The Morgan fingerprint density at radius 1 is 0.872 bits per heavy atom. The molecule has 0 spiro atoms. The van der Waals surface area contributed by atoms with Crippen molar-refractivity contribution < 1.29 is 31.1 Å². The predicted octanol–water partition coefficient (Wildman–Crippen LogP) is 4.19. The molecular formula is C25H23F6N7O. The number of benzene rings is 1. The summed E-state index contributed by atoms with van der Waals surface area (Å²) in [5.74, 6) is 0.175. The summed E-state index contributed by atoms with van der Waals surface area (Å²) in [6.07, 6.45) is -7.25. The first-order valence-corrected chi connectivity index (χ1v) is 12.1. The Balaban J connectivity index is 1.49. The average molecular weight is 551 g/mol. The maximum atomic E-state index is 13.7. The fourth-order valence-electron chi connectivity index (χ4n) is 4.60. The van der Waals surface area contributed by atoms with Crippen LogP contribution in [0.2, 0.25) is 0 Å². The molecule has 1 amide bonds. The SMILES string of the molecule is O=C1CN(c2nc3c(c(Nc4ccc(C(F)(F)F)cc4)n2)CCN(c2ncccc2C(F)(F)F)CC3)CCN1. The van der Waals surface area contributed by atoms with E-state index in [1.807, 2.05) is 0 Å². The second kappa shape index (κ2) is 10.2. The first kappa shape index (κ1) is 26.5. The third-order valence-electron chi connectivity index (χ3n) is 6.52. The van der Waals surface area contributed by atoms with E-state index in [1.165, 1.54) is 24.4 Å². The van der Waals surface area contributed by atoms with Crippen molar-refractivity contribution in [2.24, 2.45) is 0 Å². The van der Waals surface area contributed by atoms with Crippen molar-refractivity contribution in [3.8, 4) is 0 Å². The summed E-state index contributed by atoms with van der Waals surface area (Å²) in [6, 6.07) is 6.66. The number of aromatic nitrogens is 3. The molecule has 0 atom stereocenters. The first-order chi connectivity index (χ1) is 18.5. The van der Waals surface area contributed by atoms with Gasteiger partial charge in [0.2, 0.25) is 11.9 Å². The lowest BCUT2D eigenvalue weighted by molar-refractivity contribution is -0.138. The van der Waals surface area contributed by atoms with E-state index in [4.69, 9.17) is 0 Å². The third kappa shape index (κ3) is 5.83. The minimum Gasteiger partial charge on any atom is -0.355 e. The molecule has 2 aliphatic heterocycles. The number of piperazine rings is 1. The number of hydrogen-bond acceptors (Lipinski definition) is 7. The van der Waals surface area contributed by atoms with Crippen molar-refractivity contribution in [3.05, 3.63) is 65.0 Å². The zero-order chi connectivity index (χ0) is 27.8. The number of rotatable bonds is 4. The van der Waals surface area contributed by atoms with Crippen molar-refractivity contribution in [1.29, 1.82) is 0 Å². The van der Waals surface area contributed by atoms with Crippen LogP contribution in [-0.4, -0.2) is 53.6 Å². The van der Waals surface area contributed by atoms with Crippen LogP contribution < -0.4 is 20.4 Å². The summed E-state index contributed by atoms with van der Waals surface area (Å²) < 4.78 is 80.1. The molecule has 2 aliphatic rings. The van der Waals surface area contributed by atoms with Gasteiger partial charge < -0.3 is 20.4 Å². The van der Waals surface area contributed by atoms with E-state index < -0.39 is 23.5 Å². The predicted molar refractivity (Wildman–Crippen MR) is 131 cm³/mol. The Morgan fingerprint density at radius 2 is 1.62 bits per heavy atom. The molecular weight excluding hydrogens is 528 g/mol. The van der Waals surface area contributed by atoms with Gasteiger partial charge in [0.15, 0.2) is 0 Å². The molecule has 1 fully saturated rings. The molecule has 0 saturated carbocycles. The molecule has 1 aromatic carbocycles. The van der Waals surface area contributed by atoms with Crippen LogP contribution in [0.15, 0.2) is 42.6 Å². The smallest absolute Gasteiger partial charge is 0.355 e. The Hall–Kier alpha value is -4.10. The van der Waals surface area contributed by atoms with Crippen LogP contribution in [-0.2, 0) is 30.0 Å². The largest absolute Gasteiger partial charge is 0.419 e. The number of alkyl halides is 6. The lowest BCUT2D eigenvalue weighted by Crippen LogP contribution is -2.48. The Kier molecular flexibility index (Phi) is 6.95. The topological polar surface area (TPSA) is 86.3 Å². The first-order valence-electron chi connectivity index (χ1n) is 12.1. The Bertz CT molecular complexity index is 1360. The molecule has 2 aromatic heterocycles. The van der Waals surface area contributed by atoms with Crippen molar-refractivity contribution in [2.75, 3.05) is 47.8 Å². The second-order valence-corrected chi connectivity index (χ2v) is 9.13. The van der Waals surface area contributed by atoms with E-state index in [0.29, 0.717) is 35.9 Å². The fourth-order valence-corrected chi connectivity index (χ4v) is 4.60. The molecule has 0 radical (unpaired) electrons. The lowest BCUT2D eigenvalue weighted by atomic mass is 10.1. The number of nitrogens with zero attached hydrogens (tertiary/aromatic N) is 5. The Labute approximate surface area is 219 Å². The monoisotopic (exact) mass is 551 g/mol. The van der Waals surface area contributed by atoms with Gasteiger partial charge in [-0.15, -0.1) is 0 Å². The van der Waals surface area contributed by atoms with E-state index in [-0.39, 0.29) is 50.1 Å². The van der Waals surface area contributed by atoms with Gasteiger partial charge in [-0.2, -0.15) is 31.3 Å². The number of hydrogen-bond donors (Lipinski definition) is 2. The van der Waals surface area contributed by atoms with Gasteiger partial charge in [0.1, 0.15) is 11.6 Å². The van der Waals surface area contributed by atoms with E-state index in [1.54, 1.807) is 9.80 Å². The second-order valence-electron chi connectivity index (χ2n) is 9.13. The zero-order valence-corrected chi connectivity index (χ0v) is 20.4. The number of fused-ring (bicyclic) bond motifs is 1. The van der Waals surface area contributed by atoms with Gasteiger partial charge in [0.25, 0.3) is 0 Å². The van der Waals surface area contributed by atoms with Gasteiger partial charge in [-0.25, -0.2) is 9.97 Å². The van der Waals surface area contributed by atoms with E-state index >= 15 is 0 Å². The summed E-state index contributed by atoms with van der Waals surface area (Å²) in [5, 5.41) is 5.78. The molecule has 5 rings (SSSR count). The van der Waals surface area contributed by atoms with Gasteiger partial charge in [-0.3, -0.25) is 4.79 Å². The highest BCUT2D eigenvalue weighted by molar-refractivity contribution is 5.82. The van der Waals surface area contributed by atoms with Crippen LogP contribution in [0.25, 0.3) is 0 Å². The van der Waals surface area contributed by atoms with E-state index in [0.717, 1.165) is 18.2 Å². The minimum atomic E-state index is -4.58. The van der Waals surface area contributed by atoms with E-state index in [2.05, 4.69) is 25.6 Å². The van der Waals surface area contributed by atoms with Crippen LogP contribution in [0.1, 0.15) is 22.4 Å². The third-order valence-corrected chi connectivity index (χ3v) is 6.52. The number of nitrogens with one attached hydrogen (secondary N) is 2. The quantitative estimate of drug-likeness (QED) is 0.471. The van der Waals surface area contributed by atoms with Gasteiger partial charge in [0, 0.05) is 50.0 Å². The maximum absolute atomic E-state index is 13.7. The number of pyridine rings is 1. The van der Waals surface area contributed by atoms with E-state index in [9.17, 15) is 31.1 Å². The summed E-state index contributed by atoms with van der Waals surface area (Å²) in [6.45, 7) is 1.23. The number of anilines is 4. The summed E-state index contributed by atoms with van der Waals surface area (Å²) >= 11 is 0. The molecule has 3 aromatic rings. The molecule has 1 saturated heterocycles. The molecule has 2 N–H and O–H groups in total. The number of amides is 1. The summed E-state index contributed by atoms with van der Waals surface area (Å²) in [5.41, 5.74) is -0.0953. The molecule has 0 aliphatic carbocycles. The molecule has 14 heteroatoms. The zero-order valence-electron chi connectivity index (χ0n) is 20.4. The van der Waals surface area contributed by atoms with Gasteiger partial charge in [-0.1, -0.05) is 0 Å². The summed E-state index contributed by atoms with van der Waals surface area (Å²) in [7, 11) is 0. The van der Waals surface area contributed by atoms with Gasteiger partial charge in [-0.05, 0) is 42.8 Å². The number of halogens is 6. The van der Waals surface area contributed by atoms with Crippen molar-refractivity contribution >= 4 is 29.2 Å². The highest BCUT2D eigenvalue weighted by Crippen LogP contribution is 2.37. The standard InChI is InChI=1S/C25H23F6N7O/c26-24(27,28)15-3-5-16(6-4-15)34-21-17-7-11-37(22-18(25(29,30)31)2-1-9-33-22)12-8-19(17)35-23(36-21)38-13-10-32-20(39)14-38/h1-6,9H,7-8,10-14H2,(H,32,39)(H,34,35,36). The number of carbonyl (C=O) groups excluding carboxylic acids is 1. The van der Waals surface area contributed by atoms with Gasteiger partial charge in [0.05, 0.1) is 23.4 Å². The molecule has 0 bridgehead atoms. The molecule has 0 unspecified atom stereocenters. The van der Waals surface area contributed by atoms with Crippen LogP contribution in [0.4, 0.5) is 49.6 Å². The fraction of sp³-hybridized carbons (Fsp3) is 0.360. The molecule has 4 heterocycles. The maximum Gasteiger partial charge on any atom is 0.419 e. The van der Waals surface area contributed by atoms with Crippen LogP contribution in [0, 0.1) is 0 Å². The summed E-state index contributed by atoms with van der Waals surface area (Å²) in [4.78, 5) is 28.4. The van der Waals surface area contributed by atoms with Crippen LogP contribution >= 0.6 is 0 Å². The van der Waals surface area contributed by atoms with Crippen LogP contribution in [0.3, 0.4) is 0 Å². The van der Waals surface area contributed by atoms with Crippen molar-refractivity contribution in [1.82, 2.24) is 20.3 Å². The molecule has 8 nitrogen and oxygen atoms in total. The molecule has 206 valence electrons. The highest BCUT2D eigenvalue weighted by atomic mass is 19.4. The van der Waals surface area contributed by atoms with Crippen LogP contribution in [0.5, 0.6) is 0 Å². The minimum absolute atomic E-state index is 0.0213. The van der Waals surface area contributed by atoms with Gasteiger partial charge >= 0.3 is 12.4 Å². The molecule has 39 heavy (non-hydrogen) atoms. The average Bonchev–Trinajstić information content (AvgIpc) is 3.11.